The van der Waals surface area contributed by atoms with Crippen molar-refractivity contribution in [3.8, 4) is 79.0 Å². The molecule has 8 aromatic carbocycles. The first kappa shape index (κ1) is 31.4. The highest BCUT2D eigenvalue weighted by Crippen LogP contribution is 2.48. The molecule has 0 aliphatic rings. The highest BCUT2D eigenvalue weighted by Gasteiger charge is 2.21. The number of ether oxygens (including phenoxy) is 3. The van der Waals surface area contributed by atoms with E-state index in [9.17, 15) is 0 Å². The maximum atomic E-state index is 6.80. The van der Waals surface area contributed by atoms with Gasteiger partial charge in [0.25, 0.3) is 0 Å². The molecule has 0 radical (unpaired) electrons. The lowest BCUT2D eigenvalue weighted by Crippen LogP contribution is -1.96. The predicted octanol–water partition coefficient (Wildman–Crippen LogP) is 13.7. The molecule has 0 saturated heterocycles. The molecule has 0 spiro atoms. The first-order valence-corrected chi connectivity index (χ1v) is 17.0. The first-order valence-electron chi connectivity index (χ1n) is 17.0. The molecular formula is C48H34O3. The van der Waals surface area contributed by atoms with Crippen molar-refractivity contribution in [1.82, 2.24) is 0 Å². The predicted molar refractivity (Wildman–Crippen MR) is 208 cm³/mol. The molecule has 0 fully saturated rings. The van der Waals surface area contributed by atoms with E-state index in [-0.39, 0.29) is 0 Å². The summed E-state index contributed by atoms with van der Waals surface area (Å²) in [4.78, 5) is 0. The van der Waals surface area contributed by atoms with Crippen molar-refractivity contribution in [2.45, 2.75) is 0 Å². The zero-order valence-electron chi connectivity index (χ0n) is 27.9. The van der Waals surface area contributed by atoms with Gasteiger partial charge in [0.1, 0.15) is 34.5 Å². The smallest absolute Gasteiger partial charge is 0.146 e. The largest absolute Gasteiger partial charge is 0.457 e. The molecule has 0 atom stereocenters. The molecule has 0 bridgehead atoms. The fraction of sp³-hybridized carbons (Fsp3) is 0. The van der Waals surface area contributed by atoms with E-state index in [0.29, 0.717) is 11.5 Å². The Morgan fingerprint density at radius 1 is 0.255 bits per heavy atom. The van der Waals surface area contributed by atoms with E-state index in [4.69, 9.17) is 14.2 Å². The summed E-state index contributed by atoms with van der Waals surface area (Å²) in [6, 6.07) is 69.3. The second kappa shape index (κ2) is 14.7. The second-order valence-corrected chi connectivity index (χ2v) is 12.1. The first-order chi connectivity index (χ1) is 25.3. The second-order valence-electron chi connectivity index (χ2n) is 12.1. The van der Waals surface area contributed by atoms with Crippen molar-refractivity contribution in [1.29, 1.82) is 0 Å². The third kappa shape index (κ3) is 7.15. The number of benzene rings is 8. The highest BCUT2D eigenvalue weighted by atomic mass is 16.5. The van der Waals surface area contributed by atoms with Crippen LogP contribution in [0.15, 0.2) is 206 Å². The van der Waals surface area contributed by atoms with Crippen LogP contribution in [0, 0.1) is 0 Å². The monoisotopic (exact) mass is 658 g/mol. The van der Waals surface area contributed by atoms with E-state index in [0.717, 1.165) is 67.5 Å². The van der Waals surface area contributed by atoms with Crippen LogP contribution in [0.2, 0.25) is 0 Å². The van der Waals surface area contributed by atoms with E-state index in [1.807, 2.05) is 133 Å². The minimum absolute atomic E-state index is 0.686. The van der Waals surface area contributed by atoms with Gasteiger partial charge in [-0.05, 0) is 82.4 Å². The van der Waals surface area contributed by atoms with Gasteiger partial charge in [-0.2, -0.15) is 0 Å². The van der Waals surface area contributed by atoms with Crippen molar-refractivity contribution < 1.29 is 14.2 Å². The van der Waals surface area contributed by atoms with Crippen LogP contribution in [0.25, 0.3) is 44.5 Å². The van der Waals surface area contributed by atoms with Crippen LogP contribution in [0.4, 0.5) is 0 Å². The summed E-state index contributed by atoms with van der Waals surface area (Å²) in [5, 5.41) is 0. The Labute approximate surface area is 298 Å². The van der Waals surface area contributed by atoms with Crippen molar-refractivity contribution in [2.24, 2.45) is 0 Å². The Kier molecular flexibility index (Phi) is 9.08. The van der Waals surface area contributed by atoms with Gasteiger partial charge in [0.2, 0.25) is 0 Å². The highest BCUT2D eigenvalue weighted by molar-refractivity contribution is 5.87. The van der Waals surface area contributed by atoms with Gasteiger partial charge in [-0.15, -0.1) is 0 Å². The lowest BCUT2D eigenvalue weighted by molar-refractivity contribution is 0.465. The normalized spacial score (nSPS) is 10.7. The summed E-state index contributed by atoms with van der Waals surface area (Å²) >= 11 is 0. The van der Waals surface area contributed by atoms with Crippen LogP contribution in [0.3, 0.4) is 0 Å². The van der Waals surface area contributed by atoms with Crippen LogP contribution in [0.5, 0.6) is 34.5 Å². The van der Waals surface area contributed by atoms with Crippen molar-refractivity contribution >= 4 is 0 Å². The van der Waals surface area contributed by atoms with Crippen LogP contribution in [-0.4, -0.2) is 0 Å². The molecule has 0 aromatic heterocycles. The summed E-state index contributed by atoms with van der Waals surface area (Å²) < 4.78 is 20.1. The van der Waals surface area contributed by atoms with Crippen molar-refractivity contribution in [3.05, 3.63) is 206 Å². The van der Waals surface area contributed by atoms with E-state index in [1.165, 1.54) is 0 Å². The third-order valence-electron chi connectivity index (χ3n) is 8.66. The molecule has 0 aliphatic heterocycles. The molecule has 244 valence electrons. The van der Waals surface area contributed by atoms with Gasteiger partial charge in [0, 0.05) is 11.1 Å². The van der Waals surface area contributed by atoms with Crippen LogP contribution in [-0.2, 0) is 0 Å². The van der Waals surface area contributed by atoms with Gasteiger partial charge < -0.3 is 14.2 Å². The van der Waals surface area contributed by atoms with E-state index in [1.54, 1.807) is 0 Å². The fourth-order valence-electron chi connectivity index (χ4n) is 6.23. The molecule has 0 heterocycles. The quantitative estimate of drug-likeness (QED) is 0.146. The molecule has 0 amide bonds. The number of para-hydroxylation sites is 2. The SMILES string of the molecule is c1ccc(Oc2c(-c3ccccc3)ccc(Oc3cccc(-c4ccccc4Oc4cccc(-c5ccccc5)c4)c3)c2-c2ccccc2)cc1. The fourth-order valence-corrected chi connectivity index (χ4v) is 6.23. The maximum Gasteiger partial charge on any atom is 0.146 e. The maximum absolute atomic E-state index is 6.80. The Hall–Kier alpha value is -6.84. The molecule has 0 saturated carbocycles. The summed E-state index contributed by atoms with van der Waals surface area (Å²) in [6.07, 6.45) is 0. The zero-order chi connectivity index (χ0) is 34.2. The topological polar surface area (TPSA) is 27.7 Å². The van der Waals surface area contributed by atoms with Crippen LogP contribution in [0.1, 0.15) is 0 Å². The van der Waals surface area contributed by atoms with Crippen LogP contribution < -0.4 is 14.2 Å². The lowest BCUT2D eigenvalue weighted by Gasteiger charge is -2.20. The summed E-state index contributed by atoms with van der Waals surface area (Å²) in [7, 11) is 0. The standard InChI is InChI=1S/C48H34O3/c1-5-17-35(18-6-1)38-23-15-27-41(33-38)49-45-30-14-13-29-43(45)39-24-16-28-42(34-39)50-46-32-31-44(36-19-7-2-8-20-36)48(51-40-25-11-4-12-26-40)47(46)37-21-9-3-10-22-37/h1-34H. The third-order valence-corrected chi connectivity index (χ3v) is 8.66. The molecule has 8 aromatic rings. The van der Waals surface area contributed by atoms with Gasteiger partial charge in [0.05, 0.1) is 5.56 Å². The van der Waals surface area contributed by atoms with E-state index < -0.39 is 0 Å². The molecule has 8 rings (SSSR count). The van der Waals surface area contributed by atoms with Crippen molar-refractivity contribution in [2.75, 3.05) is 0 Å². The van der Waals surface area contributed by atoms with Gasteiger partial charge in [0.15, 0.2) is 0 Å². The van der Waals surface area contributed by atoms with E-state index >= 15 is 0 Å². The Morgan fingerprint density at radius 2 is 0.745 bits per heavy atom. The average Bonchev–Trinajstić information content (AvgIpc) is 3.20. The molecule has 3 nitrogen and oxygen atoms in total. The van der Waals surface area contributed by atoms with Crippen molar-refractivity contribution in [3.63, 3.8) is 0 Å². The summed E-state index contributed by atoms with van der Waals surface area (Å²) in [5.74, 6) is 4.39. The number of hydrogen-bond donors (Lipinski definition) is 0. The molecule has 0 N–H and O–H groups in total. The van der Waals surface area contributed by atoms with Gasteiger partial charge in [-0.1, -0.05) is 152 Å². The zero-order valence-corrected chi connectivity index (χ0v) is 27.9. The van der Waals surface area contributed by atoms with Crippen LogP contribution >= 0.6 is 0 Å². The Morgan fingerprint density at radius 3 is 1.43 bits per heavy atom. The van der Waals surface area contributed by atoms with Gasteiger partial charge in [-0.3, -0.25) is 0 Å². The molecule has 3 heteroatoms. The molecule has 0 unspecified atom stereocenters. The minimum atomic E-state index is 0.686. The lowest BCUT2D eigenvalue weighted by atomic mass is 9.96. The minimum Gasteiger partial charge on any atom is -0.457 e. The summed E-state index contributed by atoms with van der Waals surface area (Å²) in [6.45, 7) is 0. The molecular weight excluding hydrogens is 625 g/mol. The Bertz CT molecular complexity index is 2370. The molecule has 51 heavy (non-hydrogen) atoms. The number of rotatable bonds is 10. The summed E-state index contributed by atoms with van der Waals surface area (Å²) in [5.41, 5.74) is 8.07. The molecule has 0 aliphatic carbocycles. The Balaban J connectivity index is 1.17. The van der Waals surface area contributed by atoms with Gasteiger partial charge in [-0.25, -0.2) is 0 Å². The average molecular weight is 659 g/mol. The van der Waals surface area contributed by atoms with E-state index in [2.05, 4.69) is 72.8 Å². The van der Waals surface area contributed by atoms with Gasteiger partial charge >= 0.3 is 0 Å². The number of hydrogen-bond acceptors (Lipinski definition) is 3.